The maximum atomic E-state index is 12.7. The SMILES string of the molecule is CCC(C)C(NC(=O)CN)C(=O)NC(C(=O)NC(CCCN=C(N)N)C(=O)O)C(C)O. The number of hydrogen-bond donors (Lipinski definition) is 8. The lowest BCUT2D eigenvalue weighted by molar-refractivity contribution is -0.143. The van der Waals surface area contributed by atoms with Crippen LogP contribution in [0.3, 0.4) is 0 Å². The summed E-state index contributed by atoms with van der Waals surface area (Å²) in [5.74, 6) is -3.84. The molecule has 5 atom stereocenters. The number of aliphatic hydroxyl groups excluding tert-OH is 1. The lowest BCUT2D eigenvalue weighted by Gasteiger charge is -2.28. The third-order valence-corrected chi connectivity index (χ3v) is 4.62. The molecule has 0 aromatic rings. The molecule has 0 aliphatic rings. The fraction of sp³-hybridized carbons (Fsp3) is 0.722. The summed E-state index contributed by atoms with van der Waals surface area (Å²) in [6.45, 7) is 4.68. The minimum absolute atomic E-state index is 0.0282. The maximum Gasteiger partial charge on any atom is 0.326 e. The number of guanidine groups is 1. The molecule has 13 heteroatoms. The minimum atomic E-state index is -1.44. The van der Waals surface area contributed by atoms with Gasteiger partial charge in [-0.3, -0.25) is 19.4 Å². The Kier molecular flexibility index (Phi) is 12.8. The topological polar surface area (TPSA) is 235 Å². The Hall–Kier alpha value is -2.93. The zero-order valence-corrected chi connectivity index (χ0v) is 18.1. The fourth-order valence-electron chi connectivity index (χ4n) is 2.60. The van der Waals surface area contributed by atoms with Crippen molar-refractivity contribution in [3.63, 3.8) is 0 Å². The smallest absolute Gasteiger partial charge is 0.326 e. The molecule has 0 aliphatic heterocycles. The van der Waals surface area contributed by atoms with Gasteiger partial charge in [0, 0.05) is 6.54 Å². The molecule has 0 spiro atoms. The van der Waals surface area contributed by atoms with E-state index in [4.69, 9.17) is 17.2 Å². The molecule has 0 radical (unpaired) electrons. The number of carbonyl (C=O) groups excluding carboxylic acids is 3. The number of nitrogens with zero attached hydrogens (tertiary/aromatic N) is 1. The summed E-state index contributed by atoms with van der Waals surface area (Å²) in [4.78, 5) is 52.1. The molecule has 11 N–H and O–H groups in total. The molecular weight excluding hydrogens is 410 g/mol. The van der Waals surface area contributed by atoms with Crippen molar-refractivity contribution in [2.75, 3.05) is 13.1 Å². The van der Waals surface area contributed by atoms with Crippen molar-refractivity contribution in [2.45, 2.75) is 64.3 Å². The van der Waals surface area contributed by atoms with Gasteiger partial charge < -0.3 is 43.4 Å². The van der Waals surface area contributed by atoms with Gasteiger partial charge in [-0.1, -0.05) is 20.3 Å². The fourth-order valence-corrected chi connectivity index (χ4v) is 2.60. The van der Waals surface area contributed by atoms with Gasteiger partial charge >= 0.3 is 5.97 Å². The van der Waals surface area contributed by atoms with Crippen molar-refractivity contribution < 1.29 is 29.4 Å². The Balaban J connectivity index is 5.26. The van der Waals surface area contributed by atoms with E-state index in [-0.39, 0.29) is 37.8 Å². The molecule has 0 aliphatic carbocycles. The highest BCUT2D eigenvalue weighted by Crippen LogP contribution is 2.09. The lowest BCUT2D eigenvalue weighted by atomic mass is 9.97. The molecule has 13 nitrogen and oxygen atoms in total. The molecule has 5 unspecified atom stereocenters. The van der Waals surface area contributed by atoms with E-state index in [1.807, 2.05) is 6.92 Å². The van der Waals surface area contributed by atoms with E-state index >= 15 is 0 Å². The van der Waals surface area contributed by atoms with Crippen molar-refractivity contribution in [1.82, 2.24) is 16.0 Å². The molecule has 178 valence electrons. The molecule has 0 saturated carbocycles. The number of aliphatic carboxylic acids is 1. The molecule has 31 heavy (non-hydrogen) atoms. The van der Waals surface area contributed by atoms with Crippen LogP contribution in [-0.2, 0) is 19.2 Å². The van der Waals surface area contributed by atoms with E-state index in [0.29, 0.717) is 6.42 Å². The van der Waals surface area contributed by atoms with Crippen LogP contribution in [0.1, 0.15) is 40.0 Å². The predicted octanol–water partition coefficient (Wildman–Crippen LogP) is -3.04. The second-order valence-electron chi connectivity index (χ2n) is 7.21. The van der Waals surface area contributed by atoms with E-state index in [0.717, 1.165) is 0 Å². The highest BCUT2D eigenvalue weighted by atomic mass is 16.4. The molecule has 0 saturated heterocycles. The average molecular weight is 446 g/mol. The summed E-state index contributed by atoms with van der Waals surface area (Å²) in [7, 11) is 0. The van der Waals surface area contributed by atoms with Gasteiger partial charge in [-0.25, -0.2) is 4.79 Å². The van der Waals surface area contributed by atoms with Crippen molar-refractivity contribution >= 4 is 29.7 Å². The molecule has 0 rings (SSSR count). The normalized spacial score (nSPS) is 15.5. The summed E-state index contributed by atoms with van der Waals surface area (Å²) in [5.41, 5.74) is 15.7. The Morgan fingerprint density at radius 2 is 1.58 bits per heavy atom. The van der Waals surface area contributed by atoms with E-state index < -0.39 is 47.9 Å². The molecule has 0 heterocycles. The second-order valence-corrected chi connectivity index (χ2v) is 7.21. The Morgan fingerprint density at radius 3 is 2.03 bits per heavy atom. The van der Waals surface area contributed by atoms with Gasteiger partial charge in [-0.2, -0.15) is 0 Å². The van der Waals surface area contributed by atoms with Crippen LogP contribution >= 0.6 is 0 Å². The Labute approximate surface area is 181 Å². The molecule has 0 aromatic heterocycles. The van der Waals surface area contributed by atoms with Gasteiger partial charge in [0.05, 0.1) is 12.6 Å². The van der Waals surface area contributed by atoms with Gasteiger partial charge in [0.2, 0.25) is 17.7 Å². The number of nitrogens with two attached hydrogens (primary N) is 3. The van der Waals surface area contributed by atoms with E-state index in [9.17, 15) is 29.4 Å². The maximum absolute atomic E-state index is 12.7. The third-order valence-electron chi connectivity index (χ3n) is 4.62. The van der Waals surface area contributed by atoms with Crippen molar-refractivity contribution in [1.29, 1.82) is 0 Å². The third kappa shape index (κ3) is 10.6. The monoisotopic (exact) mass is 445 g/mol. The lowest BCUT2D eigenvalue weighted by Crippen LogP contribution is -2.60. The van der Waals surface area contributed by atoms with Crippen LogP contribution in [0, 0.1) is 5.92 Å². The van der Waals surface area contributed by atoms with Crippen molar-refractivity contribution in [3.05, 3.63) is 0 Å². The number of carboxylic acid groups (broad SMARTS) is 1. The summed E-state index contributed by atoms with van der Waals surface area (Å²) >= 11 is 0. The number of carbonyl (C=O) groups is 4. The standard InChI is InChI=1S/C18H35N7O6/c1-4-9(2)13(24-12(27)8-19)15(28)25-14(10(3)26)16(29)23-11(17(30)31)6-5-7-22-18(20)21/h9-11,13-14,26H,4-8,19H2,1-3H3,(H,23,29)(H,24,27)(H,25,28)(H,30,31)(H4,20,21,22). The first kappa shape index (κ1) is 28.1. The van der Waals surface area contributed by atoms with Crippen LogP contribution < -0.4 is 33.2 Å². The number of amides is 3. The van der Waals surface area contributed by atoms with Crippen LogP contribution in [0.15, 0.2) is 4.99 Å². The quantitative estimate of drug-likeness (QED) is 0.0769. The molecule has 0 aromatic carbocycles. The van der Waals surface area contributed by atoms with Gasteiger partial charge in [-0.15, -0.1) is 0 Å². The van der Waals surface area contributed by atoms with Crippen LogP contribution in [0.4, 0.5) is 0 Å². The first-order chi connectivity index (χ1) is 14.4. The van der Waals surface area contributed by atoms with E-state index in [2.05, 4.69) is 20.9 Å². The van der Waals surface area contributed by atoms with Gasteiger partial charge in [0.1, 0.15) is 18.1 Å². The zero-order chi connectivity index (χ0) is 24.1. The summed E-state index contributed by atoms with van der Waals surface area (Å²) in [6.07, 6.45) is -0.476. The van der Waals surface area contributed by atoms with Crippen LogP contribution in [-0.4, -0.2) is 77.2 Å². The second kappa shape index (κ2) is 14.1. The zero-order valence-electron chi connectivity index (χ0n) is 18.1. The summed E-state index contributed by atoms with van der Waals surface area (Å²) < 4.78 is 0. The molecule has 0 fully saturated rings. The first-order valence-corrected chi connectivity index (χ1v) is 10.0. The van der Waals surface area contributed by atoms with E-state index in [1.165, 1.54) is 6.92 Å². The van der Waals surface area contributed by atoms with Gasteiger partial charge in [-0.05, 0) is 25.7 Å². The van der Waals surface area contributed by atoms with Crippen molar-refractivity contribution in [2.24, 2.45) is 28.1 Å². The van der Waals surface area contributed by atoms with Crippen LogP contribution in [0.25, 0.3) is 0 Å². The number of nitrogens with one attached hydrogen (secondary N) is 3. The highest BCUT2D eigenvalue weighted by Gasteiger charge is 2.33. The summed E-state index contributed by atoms with van der Waals surface area (Å²) in [5, 5.41) is 26.5. The van der Waals surface area contributed by atoms with Crippen LogP contribution in [0.2, 0.25) is 0 Å². The van der Waals surface area contributed by atoms with Gasteiger partial charge in [0.15, 0.2) is 5.96 Å². The number of carboxylic acids is 1. The largest absolute Gasteiger partial charge is 0.480 e. The summed E-state index contributed by atoms with van der Waals surface area (Å²) in [6, 6.07) is -3.69. The Morgan fingerprint density at radius 1 is 1.00 bits per heavy atom. The van der Waals surface area contributed by atoms with Crippen molar-refractivity contribution in [3.8, 4) is 0 Å². The number of aliphatic imine (C=N–C) groups is 1. The number of rotatable bonds is 14. The molecule has 3 amide bonds. The number of hydrogen-bond acceptors (Lipinski definition) is 7. The van der Waals surface area contributed by atoms with E-state index in [1.54, 1.807) is 6.92 Å². The van der Waals surface area contributed by atoms with Gasteiger partial charge in [0.25, 0.3) is 0 Å². The molecular formula is C18H35N7O6. The Bertz CT molecular complexity index is 651. The van der Waals surface area contributed by atoms with Crippen LogP contribution in [0.5, 0.6) is 0 Å². The molecule has 0 bridgehead atoms. The minimum Gasteiger partial charge on any atom is -0.480 e. The first-order valence-electron chi connectivity index (χ1n) is 10.0. The average Bonchev–Trinajstić information content (AvgIpc) is 2.70. The number of aliphatic hydroxyl groups is 1. The predicted molar refractivity (Wildman–Crippen MR) is 114 cm³/mol. The highest BCUT2D eigenvalue weighted by molar-refractivity contribution is 5.94.